The van der Waals surface area contributed by atoms with Crippen LogP contribution in [0.5, 0.6) is 0 Å². The molecule has 3 heteroatoms. The first kappa shape index (κ1) is 20.7. The minimum atomic E-state index is -1.83. The molecule has 1 spiro atoms. The molecule has 0 radical (unpaired) electrons. The topological polar surface area (TPSA) is 33.0 Å². The molecule has 0 saturated heterocycles. The number of rotatable bonds is 2. The smallest absolute Gasteiger partial charge is 0.192 e. The average molecular weight is 400 g/mol. The second-order valence-electron chi connectivity index (χ2n) is 12.5. The van der Waals surface area contributed by atoms with E-state index in [1.807, 2.05) is 0 Å². The van der Waals surface area contributed by atoms with Gasteiger partial charge in [0.05, 0.1) is 18.1 Å². The molecule has 2 nitrogen and oxygen atoms in total. The van der Waals surface area contributed by atoms with Gasteiger partial charge >= 0.3 is 0 Å². The van der Waals surface area contributed by atoms with Crippen molar-refractivity contribution in [3.63, 3.8) is 0 Å². The summed E-state index contributed by atoms with van der Waals surface area (Å²) in [4.78, 5) is 0. The quantitative estimate of drug-likeness (QED) is 0.362. The van der Waals surface area contributed by atoms with Crippen molar-refractivity contribution < 1.29 is 4.43 Å². The Balaban J connectivity index is 1.80. The third kappa shape index (κ3) is 2.28. The lowest BCUT2D eigenvalue weighted by Gasteiger charge is -2.57. The molecule has 0 aromatic carbocycles. The Bertz CT molecular complexity index is 755. The number of hydrogen-bond donors (Lipinski definition) is 0. The Morgan fingerprint density at radius 1 is 1.11 bits per heavy atom. The Kier molecular flexibility index (Phi) is 4.41. The van der Waals surface area contributed by atoms with Gasteiger partial charge in [0.25, 0.3) is 0 Å². The van der Waals surface area contributed by atoms with Crippen LogP contribution in [0.4, 0.5) is 0 Å². The van der Waals surface area contributed by atoms with Crippen LogP contribution in [0.25, 0.3) is 0 Å². The van der Waals surface area contributed by atoms with Gasteiger partial charge in [0.2, 0.25) is 0 Å². The number of fused-ring (bicyclic) bond motifs is 2. The van der Waals surface area contributed by atoms with Crippen molar-refractivity contribution in [2.24, 2.45) is 28.1 Å². The van der Waals surface area contributed by atoms with E-state index in [4.69, 9.17) is 4.43 Å². The van der Waals surface area contributed by atoms with Gasteiger partial charge in [-0.3, -0.25) is 0 Å². The molecule has 4 rings (SSSR count). The zero-order valence-corrected chi connectivity index (χ0v) is 20.5. The van der Waals surface area contributed by atoms with Crippen LogP contribution in [0.3, 0.4) is 0 Å². The summed E-state index contributed by atoms with van der Waals surface area (Å²) in [6.45, 7) is 19.2. The van der Waals surface area contributed by atoms with Crippen molar-refractivity contribution in [2.45, 2.75) is 111 Å². The maximum Gasteiger partial charge on any atom is 0.192 e. The van der Waals surface area contributed by atoms with Crippen LogP contribution in [0, 0.1) is 39.4 Å². The van der Waals surface area contributed by atoms with Crippen LogP contribution < -0.4 is 0 Å². The maximum atomic E-state index is 10.5. The van der Waals surface area contributed by atoms with Crippen molar-refractivity contribution >= 4 is 8.32 Å². The summed E-state index contributed by atoms with van der Waals surface area (Å²) >= 11 is 0. The highest BCUT2D eigenvalue weighted by Gasteiger charge is 2.75. The molecule has 0 N–H and O–H groups in total. The third-order valence-electron chi connectivity index (χ3n) is 10.4. The second kappa shape index (κ2) is 5.98. The van der Waals surface area contributed by atoms with Gasteiger partial charge in [0.15, 0.2) is 8.32 Å². The average Bonchev–Trinajstić information content (AvgIpc) is 3.10. The SMILES string of the molecule is CC1=C2[C@@H]3CC[C@@]4(C)[C@@H](O[Si](C)(C)C(C)(C)C)CCC[C@@]34[C@@H](C#N)[C@@]2(C)CC1. The maximum absolute atomic E-state index is 10.5. The Morgan fingerprint density at radius 2 is 1.79 bits per heavy atom. The molecule has 0 bridgehead atoms. The van der Waals surface area contributed by atoms with Crippen molar-refractivity contribution in [1.82, 2.24) is 0 Å². The highest BCUT2D eigenvalue weighted by Crippen LogP contribution is 2.79. The molecule has 3 fully saturated rings. The van der Waals surface area contributed by atoms with Crippen LogP contribution in [-0.4, -0.2) is 14.4 Å². The van der Waals surface area contributed by atoms with Gasteiger partial charge < -0.3 is 4.43 Å². The van der Waals surface area contributed by atoms with Gasteiger partial charge in [-0.2, -0.15) is 5.26 Å². The summed E-state index contributed by atoms with van der Waals surface area (Å²) in [5, 5.41) is 10.7. The summed E-state index contributed by atoms with van der Waals surface area (Å²) in [5.74, 6) is 0.788. The Hall–Kier alpha value is -0.593. The van der Waals surface area contributed by atoms with Crippen LogP contribution >= 0.6 is 0 Å². The number of hydrogen-bond acceptors (Lipinski definition) is 2. The fraction of sp³-hybridized carbons (Fsp3) is 0.880. The standard InChI is InChI=1S/C25H41NOSi/c1-17-11-14-23(5)19(16-26)25-13-9-10-20(27-28(7,8)22(2,3)4)24(25,6)15-12-18(25)21(17)23/h18-20H,9-15H2,1-8H3/t18-,19-,20-,23+,24-,25-/m0/s1. The first-order valence-electron chi connectivity index (χ1n) is 11.6. The van der Waals surface area contributed by atoms with Crippen molar-refractivity contribution in [2.75, 3.05) is 0 Å². The van der Waals surface area contributed by atoms with Gasteiger partial charge in [-0.15, -0.1) is 0 Å². The van der Waals surface area contributed by atoms with Crippen molar-refractivity contribution in [3.05, 3.63) is 11.1 Å². The number of allylic oxidation sites excluding steroid dienone is 2. The van der Waals surface area contributed by atoms with E-state index >= 15 is 0 Å². The summed E-state index contributed by atoms with van der Waals surface area (Å²) in [6.07, 6.45) is 8.88. The van der Waals surface area contributed by atoms with E-state index in [9.17, 15) is 5.26 Å². The van der Waals surface area contributed by atoms with Gasteiger partial charge in [-0.05, 0) is 69.5 Å². The van der Waals surface area contributed by atoms with Crippen LogP contribution in [0.15, 0.2) is 11.1 Å². The van der Waals surface area contributed by atoms with Gasteiger partial charge in [-0.1, -0.05) is 52.2 Å². The zero-order valence-electron chi connectivity index (χ0n) is 19.5. The molecular weight excluding hydrogens is 358 g/mol. The second-order valence-corrected chi connectivity index (χ2v) is 17.2. The third-order valence-corrected chi connectivity index (χ3v) is 14.9. The summed E-state index contributed by atoms with van der Waals surface area (Å²) in [5.41, 5.74) is 3.71. The van der Waals surface area contributed by atoms with E-state index in [2.05, 4.69) is 60.7 Å². The monoisotopic (exact) mass is 399 g/mol. The van der Waals surface area contributed by atoms with Gasteiger partial charge in [0, 0.05) is 16.2 Å². The molecule has 6 atom stereocenters. The Morgan fingerprint density at radius 3 is 2.39 bits per heavy atom. The first-order chi connectivity index (χ1) is 12.8. The minimum Gasteiger partial charge on any atom is -0.413 e. The fourth-order valence-electron chi connectivity index (χ4n) is 7.98. The summed E-state index contributed by atoms with van der Waals surface area (Å²) in [6, 6.07) is 2.92. The van der Waals surface area contributed by atoms with E-state index in [0.717, 1.165) is 0 Å². The molecule has 156 valence electrons. The van der Waals surface area contributed by atoms with E-state index in [-0.39, 0.29) is 27.2 Å². The largest absolute Gasteiger partial charge is 0.413 e. The zero-order chi connectivity index (χ0) is 20.8. The highest BCUT2D eigenvalue weighted by atomic mass is 28.4. The van der Waals surface area contributed by atoms with E-state index < -0.39 is 8.32 Å². The van der Waals surface area contributed by atoms with E-state index in [0.29, 0.717) is 12.0 Å². The lowest BCUT2D eigenvalue weighted by atomic mass is 9.50. The molecule has 0 amide bonds. The Labute approximate surface area is 174 Å². The molecule has 28 heavy (non-hydrogen) atoms. The van der Waals surface area contributed by atoms with Crippen LogP contribution in [-0.2, 0) is 4.43 Å². The van der Waals surface area contributed by atoms with Crippen LogP contribution in [0.2, 0.25) is 18.1 Å². The van der Waals surface area contributed by atoms with Crippen molar-refractivity contribution in [3.8, 4) is 6.07 Å². The lowest BCUT2D eigenvalue weighted by Crippen LogP contribution is -2.57. The molecular formula is C25H41NOSi. The molecule has 0 heterocycles. The molecule has 0 aromatic heterocycles. The molecule has 0 aliphatic heterocycles. The minimum absolute atomic E-state index is 0.115. The normalized spacial score (nSPS) is 45.6. The molecule has 3 saturated carbocycles. The lowest BCUT2D eigenvalue weighted by molar-refractivity contribution is -0.106. The predicted octanol–water partition coefficient (Wildman–Crippen LogP) is 7.23. The highest BCUT2D eigenvalue weighted by molar-refractivity contribution is 6.74. The van der Waals surface area contributed by atoms with Crippen LogP contribution in [0.1, 0.15) is 86.5 Å². The molecule has 0 unspecified atom stereocenters. The summed E-state index contributed by atoms with van der Waals surface area (Å²) in [7, 11) is -1.83. The van der Waals surface area contributed by atoms with Gasteiger partial charge in [-0.25, -0.2) is 0 Å². The van der Waals surface area contributed by atoms with Gasteiger partial charge in [0.1, 0.15) is 0 Å². The predicted molar refractivity (Wildman–Crippen MR) is 118 cm³/mol. The van der Waals surface area contributed by atoms with E-state index in [1.54, 1.807) is 11.1 Å². The molecule has 0 aromatic rings. The fourth-order valence-corrected chi connectivity index (χ4v) is 9.42. The molecule has 4 aliphatic carbocycles. The number of nitrogens with zero attached hydrogens (tertiary/aromatic N) is 1. The van der Waals surface area contributed by atoms with E-state index in [1.165, 1.54) is 44.9 Å². The molecule has 4 aliphatic rings. The number of nitriles is 1. The first-order valence-corrected chi connectivity index (χ1v) is 14.5. The van der Waals surface area contributed by atoms with Crippen molar-refractivity contribution in [1.29, 1.82) is 5.26 Å². The summed E-state index contributed by atoms with van der Waals surface area (Å²) < 4.78 is 7.15.